The first kappa shape index (κ1) is 10.2. The number of nitrogens with one attached hydrogen (secondary N) is 1. The predicted octanol–water partition coefficient (Wildman–Crippen LogP) is 3.21. The van der Waals surface area contributed by atoms with E-state index in [0.29, 0.717) is 5.02 Å². The van der Waals surface area contributed by atoms with Gasteiger partial charge in [0.05, 0.1) is 15.6 Å². The summed E-state index contributed by atoms with van der Waals surface area (Å²) >= 11 is 5.94. The zero-order valence-corrected chi connectivity index (χ0v) is 9.04. The molecule has 0 amide bonds. The van der Waals surface area contributed by atoms with Gasteiger partial charge in [-0.2, -0.15) is 0 Å². The second-order valence-corrected chi connectivity index (χ2v) is 4.51. The number of halogens is 1. The van der Waals surface area contributed by atoms with Crippen molar-refractivity contribution in [2.75, 3.05) is 5.32 Å². The van der Waals surface area contributed by atoms with Crippen LogP contribution in [0.5, 0.6) is 0 Å². The van der Waals surface area contributed by atoms with Crippen LogP contribution in [0.1, 0.15) is 19.8 Å². The van der Waals surface area contributed by atoms with Crippen molar-refractivity contribution in [3.8, 4) is 0 Å². The largest absolute Gasteiger partial charge is 0.379 e. The lowest BCUT2D eigenvalue weighted by Gasteiger charge is -2.14. The molecule has 0 radical (unpaired) electrons. The van der Waals surface area contributed by atoms with Crippen LogP contribution in [0.3, 0.4) is 0 Å². The molecule has 1 aromatic rings. The quantitative estimate of drug-likeness (QED) is 0.636. The zero-order valence-electron chi connectivity index (χ0n) is 8.29. The van der Waals surface area contributed by atoms with Crippen molar-refractivity contribution in [3.63, 3.8) is 0 Å². The van der Waals surface area contributed by atoms with Crippen LogP contribution >= 0.6 is 11.6 Å². The van der Waals surface area contributed by atoms with Crippen LogP contribution in [0.2, 0.25) is 5.02 Å². The van der Waals surface area contributed by atoms with Gasteiger partial charge in [-0.05, 0) is 25.8 Å². The summed E-state index contributed by atoms with van der Waals surface area (Å²) in [5, 5.41) is 14.2. The van der Waals surface area contributed by atoms with E-state index in [1.54, 1.807) is 6.07 Å². The summed E-state index contributed by atoms with van der Waals surface area (Å²) in [4.78, 5) is 10.0. The Bertz CT molecular complexity index is 416. The van der Waals surface area contributed by atoms with Crippen LogP contribution in [-0.2, 0) is 0 Å². The lowest BCUT2D eigenvalue weighted by molar-refractivity contribution is -0.384. The Morgan fingerprint density at radius 2 is 2.20 bits per heavy atom. The van der Waals surface area contributed by atoms with E-state index in [1.807, 2.05) is 0 Å². The van der Waals surface area contributed by atoms with E-state index in [2.05, 4.69) is 12.2 Å². The minimum atomic E-state index is -0.450. The molecular weight excluding hydrogens is 216 g/mol. The summed E-state index contributed by atoms with van der Waals surface area (Å²) in [5.74, 6) is 0. The summed E-state index contributed by atoms with van der Waals surface area (Å²) in [7, 11) is 0. The Morgan fingerprint density at radius 3 is 2.67 bits per heavy atom. The lowest BCUT2D eigenvalue weighted by atomic mass is 10.2. The van der Waals surface area contributed by atoms with Gasteiger partial charge in [-0.25, -0.2) is 0 Å². The average Bonchev–Trinajstić information content (AvgIpc) is 2.87. The molecule has 0 unspecified atom stereocenters. The molecule has 0 atom stereocenters. The van der Waals surface area contributed by atoms with Crippen molar-refractivity contribution < 1.29 is 4.92 Å². The average molecular weight is 227 g/mol. The number of anilines is 1. The molecule has 0 aromatic heterocycles. The summed E-state index contributed by atoms with van der Waals surface area (Å²) in [6, 6.07) is 4.49. The molecule has 1 saturated carbocycles. The minimum Gasteiger partial charge on any atom is -0.379 e. The summed E-state index contributed by atoms with van der Waals surface area (Å²) < 4.78 is 0. The van der Waals surface area contributed by atoms with E-state index in [4.69, 9.17) is 11.6 Å². The van der Waals surface area contributed by atoms with Crippen molar-refractivity contribution in [2.24, 2.45) is 0 Å². The maximum Gasteiger partial charge on any atom is 0.271 e. The van der Waals surface area contributed by atoms with Gasteiger partial charge >= 0.3 is 0 Å². The SMILES string of the molecule is CC1(Nc2ccc([N+](=O)[O-])cc2Cl)CC1. The van der Waals surface area contributed by atoms with Gasteiger partial charge in [-0.15, -0.1) is 0 Å². The van der Waals surface area contributed by atoms with Gasteiger partial charge in [0.1, 0.15) is 0 Å². The molecule has 0 saturated heterocycles. The van der Waals surface area contributed by atoms with E-state index in [1.165, 1.54) is 12.1 Å². The highest BCUT2D eigenvalue weighted by Crippen LogP contribution is 2.40. The van der Waals surface area contributed by atoms with Crippen LogP contribution in [0.15, 0.2) is 18.2 Å². The standard InChI is InChI=1S/C10H11ClN2O2/c1-10(4-5-10)12-9-3-2-7(13(14)15)6-8(9)11/h2-3,6,12H,4-5H2,1H3. The Hall–Kier alpha value is -1.29. The predicted molar refractivity (Wildman–Crippen MR) is 59.4 cm³/mol. The topological polar surface area (TPSA) is 55.2 Å². The fraction of sp³-hybridized carbons (Fsp3) is 0.400. The molecule has 0 aliphatic heterocycles. The molecule has 1 aliphatic rings. The first-order valence-corrected chi connectivity index (χ1v) is 5.10. The Kier molecular flexibility index (Phi) is 2.31. The Morgan fingerprint density at radius 1 is 1.53 bits per heavy atom. The smallest absolute Gasteiger partial charge is 0.271 e. The monoisotopic (exact) mass is 226 g/mol. The van der Waals surface area contributed by atoms with E-state index in [-0.39, 0.29) is 11.2 Å². The molecule has 5 heteroatoms. The molecule has 80 valence electrons. The molecule has 0 bridgehead atoms. The second kappa shape index (κ2) is 3.38. The zero-order chi connectivity index (χ0) is 11.1. The highest BCUT2D eigenvalue weighted by Gasteiger charge is 2.37. The maximum atomic E-state index is 10.5. The molecular formula is C10H11ClN2O2. The van der Waals surface area contributed by atoms with Crippen LogP contribution in [0, 0.1) is 10.1 Å². The van der Waals surface area contributed by atoms with Crippen molar-refractivity contribution in [1.29, 1.82) is 0 Å². The third-order valence-corrected chi connectivity index (χ3v) is 2.91. The number of hydrogen-bond acceptors (Lipinski definition) is 3. The van der Waals surface area contributed by atoms with Gasteiger partial charge in [0, 0.05) is 17.7 Å². The molecule has 1 fully saturated rings. The molecule has 1 aromatic carbocycles. The van der Waals surface area contributed by atoms with Gasteiger partial charge in [0.25, 0.3) is 5.69 Å². The molecule has 15 heavy (non-hydrogen) atoms. The van der Waals surface area contributed by atoms with Gasteiger partial charge < -0.3 is 5.32 Å². The number of hydrogen-bond donors (Lipinski definition) is 1. The van der Waals surface area contributed by atoms with Crippen LogP contribution < -0.4 is 5.32 Å². The fourth-order valence-corrected chi connectivity index (χ4v) is 1.58. The number of nitro groups is 1. The summed E-state index contributed by atoms with van der Waals surface area (Å²) in [6.45, 7) is 2.10. The highest BCUT2D eigenvalue weighted by atomic mass is 35.5. The van der Waals surface area contributed by atoms with Crippen LogP contribution in [0.4, 0.5) is 11.4 Å². The fourth-order valence-electron chi connectivity index (χ4n) is 1.36. The van der Waals surface area contributed by atoms with E-state index in [0.717, 1.165) is 18.5 Å². The highest BCUT2D eigenvalue weighted by molar-refractivity contribution is 6.33. The van der Waals surface area contributed by atoms with Crippen molar-refractivity contribution >= 4 is 23.0 Å². The Labute approximate surface area is 92.4 Å². The number of nitrogens with zero attached hydrogens (tertiary/aromatic N) is 1. The summed E-state index contributed by atoms with van der Waals surface area (Å²) in [5.41, 5.74) is 0.911. The van der Waals surface area contributed by atoms with E-state index >= 15 is 0 Å². The third-order valence-electron chi connectivity index (χ3n) is 2.60. The molecule has 2 rings (SSSR count). The van der Waals surface area contributed by atoms with E-state index < -0.39 is 4.92 Å². The number of benzene rings is 1. The molecule has 0 heterocycles. The number of non-ortho nitro benzene ring substituents is 1. The van der Waals surface area contributed by atoms with Gasteiger partial charge in [-0.3, -0.25) is 10.1 Å². The first-order valence-electron chi connectivity index (χ1n) is 4.72. The molecule has 1 aliphatic carbocycles. The molecule has 1 N–H and O–H groups in total. The van der Waals surface area contributed by atoms with Crippen LogP contribution in [-0.4, -0.2) is 10.5 Å². The molecule has 4 nitrogen and oxygen atoms in total. The number of nitro benzene ring substituents is 1. The lowest BCUT2D eigenvalue weighted by Crippen LogP contribution is -2.16. The van der Waals surface area contributed by atoms with Crippen molar-refractivity contribution in [2.45, 2.75) is 25.3 Å². The Balaban J connectivity index is 2.22. The third kappa shape index (κ3) is 2.21. The minimum absolute atomic E-state index is 0.0199. The normalized spacial score (nSPS) is 17.2. The maximum absolute atomic E-state index is 10.5. The van der Waals surface area contributed by atoms with Gasteiger partial charge in [-0.1, -0.05) is 11.6 Å². The van der Waals surface area contributed by atoms with Crippen molar-refractivity contribution in [1.82, 2.24) is 0 Å². The van der Waals surface area contributed by atoms with E-state index in [9.17, 15) is 10.1 Å². The van der Waals surface area contributed by atoms with Crippen molar-refractivity contribution in [3.05, 3.63) is 33.3 Å². The molecule has 0 spiro atoms. The second-order valence-electron chi connectivity index (χ2n) is 4.11. The first-order chi connectivity index (χ1) is 7.00. The summed E-state index contributed by atoms with van der Waals surface area (Å²) in [6.07, 6.45) is 2.22. The number of rotatable bonds is 3. The van der Waals surface area contributed by atoms with Gasteiger partial charge in [0.15, 0.2) is 0 Å². The van der Waals surface area contributed by atoms with Gasteiger partial charge in [0.2, 0.25) is 0 Å². The van der Waals surface area contributed by atoms with Crippen LogP contribution in [0.25, 0.3) is 0 Å².